The minimum Gasteiger partial charge on any atom is -0.358 e. The van der Waals surface area contributed by atoms with Crippen molar-refractivity contribution in [2.45, 2.75) is 20.8 Å². The Morgan fingerprint density at radius 3 is 2.00 bits per heavy atom. The SMILES string of the molecule is Cc1cc(C)c(C)cn1.[CH3-].[Y]. The Balaban J connectivity index is 0. The van der Waals surface area contributed by atoms with E-state index in [1.165, 1.54) is 11.1 Å². The molecule has 0 fully saturated rings. The average Bonchev–Trinajstić information content (AvgIpc) is 1.80. The summed E-state index contributed by atoms with van der Waals surface area (Å²) in [5, 5.41) is 0. The number of aryl methyl sites for hydroxylation is 3. The maximum Gasteiger partial charge on any atom is 0.0375 e. The van der Waals surface area contributed by atoms with Crippen LogP contribution in [0.25, 0.3) is 0 Å². The molecule has 0 atom stereocenters. The van der Waals surface area contributed by atoms with E-state index < -0.39 is 0 Å². The monoisotopic (exact) mass is 225 g/mol. The van der Waals surface area contributed by atoms with E-state index in [4.69, 9.17) is 0 Å². The smallest absolute Gasteiger partial charge is 0.0375 e. The van der Waals surface area contributed by atoms with Gasteiger partial charge in [-0.2, -0.15) is 0 Å². The molecule has 0 amide bonds. The van der Waals surface area contributed by atoms with Crippen molar-refractivity contribution in [2.24, 2.45) is 0 Å². The summed E-state index contributed by atoms with van der Waals surface area (Å²) in [5.41, 5.74) is 3.68. The Kier molecular flexibility index (Phi) is 7.35. The molecule has 1 radical (unpaired) electrons. The molecule has 0 aliphatic heterocycles. The van der Waals surface area contributed by atoms with E-state index in [1.807, 2.05) is 13.1 Å². The first-order valence-electron chi connectivity index (χ1n) is 3.10. The van der Waals surface area contributed by atoms with Gasteiger partial charge >= 0.3 is 0 Å². The van der Waals surface area contributed by atoms with Crippen molar-refractivity contribution in [1.82, 2.24) is 4.98 Å². The van der Waals surface area contributed by atoms with Gasteiger partial charge in [-0.3, -0.25) is 4.98 Å². The van der Waals surface area contributed by atoms with Gasteiger partial charge in [0.15, 0.2) is 0 Å². The van der Waals surface area contributed by atoms with Gasteiger partial charge in [0.05, 0.1) is 0 Å². The summed E-state index contributed by atoms with van der Waals surface area (Å²) in [6.45, 7) is 6.18. The molecule has 0 saturated heterocycles. The molecule has 0 aromatic carbocycles. The van der Waals surface area contributed by atoms with E-state index in [1.54, 1.807) is 0 Å². The number of pyridine rings is 1. The van der Waals surface area contributed by atoms with Gasteiger partial charge in [0.2, 0.25) is 0 Å². The van der Waals surface area contributed by atoms with Gasteiger partial charge in [-0.15, -0.1) is 0 Å². The summed E-state index contributed by atoms with van der Waals surface area (Å²) in [7, 11) is 0. The van der Waals surface area contributed by atoms with Gasteiger partial charge in [-0.1, -0.05) is 0 Å². The fourth-order valence-corrected chi connectivity index (χ4v) is 0.765. The molecule has 0 unspecified atom stereocenters. The molecule has 59 valence electrons. The predicted molar refractivity (Wildman–Crippen MR) is 44.9 cm³/mol. The maximum atomic E-state index is 4.14. The van der Waals surface area contributed by atoms with Crippen LogP contribution in [0.5, 0.6) is 0 Å². The first-order valence-corrected chi connectivity index (χ1v) is 3.10. The third kappa shape index (κ3) is 3.98. The molecule has 2 heteroatoms. The molecule has 0 aliphatic carbocycles. The Morgan fingerprint density at radius 2 is 1.64 bits per heavy atom. The summed E-state index contributed by atoms with van der Waals surface area (Å²) in [5.74, 6) is 0. The van der Waals surface area contributed by atoms with Crippen molar-refractivity contribution < 1.29 is 32.7 Å². The van der Waals surface area contributed by atoms with Crippen molar-refractivity contribution in [3.8, 4) is 0 Å². The standard InChI is InChI=1S/C8H11N.CH3.Y/c1-6-4-8(3)9-5-7(6)2;;/h4-5H,1-3H3;1H3;/q;-1;. The molecule has 1 aromatic heterocycles. The van der Waals surface area contributed by atoms with Gasteiger partial charge in [-0.05, 0) is 38.0 Å². The molecule has 11 heavy (non-hydrogen) atoms. The van der Waals surface area contributed by atoms with Crippen LogP contribution in [0, 0.1) is 28.2 Å². The molecule has 0 aliphatic rings. The molecular weight excluding hydrogens is 211 g/mol. The van der Waals surface area contributed by atoms with Gasteiger partial charge in [-0.25, -0.2) is 0 Å². The van der Waals surface area contributed by atoms with E-state index in [9.17, 15) is 0 Å². The largest absolute Gasteiger partial charge is 0.358 e. The van der Waals surface area contributed by atoms with E-state index in [-0.39, 0.29) is 40.1 Å². The Labute approximate surface area is 94.5 Å². The van der Waals surface area contributed by atoms with Crippen LogP contribution < -0.4 is 0 Å². The van der Waals surface area contributed by atoms with E-state index in [0.29, 0.717) is 0 Å². The third-order valence-electron chi connectivity index (χ3n) is 1.51. The van der Waals surface area contributed by atoms with Gasteiger partial charge in [0, 0.05) is 44.6 Å². The second kappa shape index (κ2) is 5.85. The normalized spacial score (nSPS) is 7.91. The summed E-state index contributed by atoms with van der Waals surface area (Å²) >= 11 is 0. The van der Waals surface area contributed by atoms with Gasteiger partial charge in [0.25, 0.3) is 0 Å². The predicted octanol–water partition coefficient (Wildman–Crippen LogP) is 2.45. The van der Waals surface area contributed by atoms with Crippen LogP contribution in [0.15, 0.2) is 12.3 Å². The first-order chi connectivity index (χ1) is 4.20. The van der Waals surface area contributed by atoms with Crippen LogP contribution in [0.2, 0.25) is 0 Å². The number of rotatable bonds is 0. The van der Waals surface area contributed by atoms with Crippen molar-refractivity contribution in [3.63, 3.8) is 0 Å². The summed E-state index contributed by atoms with van der Waals surface area (Å²) in [6.07, 6.45) is 1.91. The van der Waals surface area contributed by atoms with Gasteiger partial charge < -0.3 is 7.43 Å². The van der Waals surface area contributed by atoms with Crippen LogP contribution in [-0.2, 0) is 32.7 Å². The van der Waals surface area contributed by atoms with E-state index in [0.717, 1.165) is 5.69 Å². The summed E-state index contributed by atoms with van der Waals surface area (Å²) in [6, 6.07) is 2.09. The second-order valence-electron chi connectivity index (χ2n) is 2.41. The molecule has 1 rings (SSSR count). The Bertz CT molecular complexity index is 221. The molecule has 0 saturated carbocycles. The number of nitrogens with zero attached hydrogens (tertiary/aromatic N) is 1. The quantitative estimate of drug-likeness (QED) is 0.618. The van der Waals surface area contributed by atoms with Crippen LogP contribution in [0.3, 0.4) is 0 Å². The van der Waals surface area contributed by atoms with Crippen molar-refractivity contribution >= 4 is 0 Å². The number of hydrogen-bond acceptors (Lipinski definition) is 1. The number of aromatic nitrogens is 1. The molecule has 1 nitrogen and oxygen atoms in total. The first kappa shape index (κ1) is 13.8. The molecule has 0 N–H and O–H groups in total. The van der Waals surface area contributed by atoms with Gasteiger partial charge in [0.1, 0.15) is 0 Å². The zero-order valence-electron chi connectivity index (χ0n) is 7.68. The Hall–Kier alpha value is 0.254. The number of hydrogen-bond donors (Lipinski definition) is 0. The third-order valence-corrected chi connectivity index (χ3v) is 1.51. The Morgan fingerprint density at radius 1 is 1.09 bits per heavy atom. The fraction of sp³-hybridized carbons (Fsp3) is 0.333. The minimum atomic E-state index is 0. The van der Waals surface area contributed by atoms with E-state index in [2.05, 4.69) is 24.9 Å². The molecule has 1 heterocycles. The van der Waals surface area contributed by atoms with Crippen molar-refractivity contribution in [3.05, 3.63) is 36.5 Å². The summed E-state index contributed by atoms with van der Waals surface area (Å²) in [4.78, 5) is 4.14. The topological polar surface area (TPSA) is 12.9 Å². The fourth-order valence-electron chi connectivity index (χ4n) is 0.765. The van der Waals surface area contributed by atoms with Crippen molar-refractivity contribution in [1.29, 1.82) is 0 Å². The van der Waals surface area contributed by atoms with E-state index >= 15 is 0 Å². The average molecular weight is 225 g/mol. The minimum absolute atomic E-state index is 0. The second-order valence-corrected chi connectivity index (χ2v) is 2.41. The van der Waals surface area contributed by atoms with Crippen LogP contribution >= 0.6 is 0 Å². The zero-order valence-corrected chi connectivity index (χ0v) is 10.5. The zero-order chi connectivity index (χ0) is 6.85. The molecular formula is C9H14NY-. The van der Waals surface area contributed by atoms with Crippen LogP contribution in [-0.4, -0.2) is 4.98 Å². The maximum absolute atomic E-state index is 4.14. The molecule has 0 bridgehead atoms. The van der Waals surface area contributed by atoms with Crippen LogP contribution in [0.1, 0.15) is 16.8 Å². The van der Waals surface area contributed by atoms with Crippen molar-refractivity contribution in [2.75, 3.05) is 0 Å². The molecule has 1 aromatic rings. The summed E-state index contributed by atoms with van der Waals surface area (Å²) < 4.78 is 0. The molecule has 0 spiro atoms. The van der Waals surface area contributed by atoms with Crippen LogP contribution in [0.4, 0.5) is 0 Å².